The zero-order valence-electron chi connectivity index (χ0n) is 11.0. The van der Waals surface area contributed by atoms with E-state index in [2.05, 4.69) is 29.4 Å². The topological polar surface area (TPSA) is 42.2 Å². The Labute approximate surface area is 112 Å². The van der Waals surface area contributed by atoms with Crippen LogP contribution < -0.4 is 5.32 Å². The lowest BCUT2D eigenvalue weighted by Crippen LogP contribution is -2.21. The molecular formula is C13H20N4S. The van der Waals surface area contributed by atoms with Gasteiger partial charge in [0.1, 0.15) is 0 Å². The molecule has 0 unspecified atom stereocenters. The van der Waals surface area contributed by atoms with Gasteiger partial charge < -0.3 is 5.32 Å². The quantitative estimate of drug-likeness (QED) is 0.616. The summed E-state index contributed by atoms with van der Waals surface area (Å²) in [7, 11) is 0. The van der Waals surface area contributed by atoms with Crippen molar-refractivity contribution >= 4 is 17.4 Å². The maximum atomic E-state index is 4.20. The van der Waals surface area contributed by atoms with Gasteiger partial charge in [-0.05, 0) is 37.6 Å². The van der Waals surface area contributed by atoms with Crippen LogP contribution in [0.25, 0.3) is 5.65 Å². The van der Waals surface area contributed by atoms with Gasteiger partial charge in [-0.15, -0.1) is 10.2 Å². The number of rotatable bonds is 7. The molecule has 0 radical (unpaired) electrons. The maximum absolute atomic E-state index is 4.20. The van der Waals surface area contributed by atoms with Gasteiger partial charge in [0.15, 0.2) is 10.8 Å². The molecule has 0 bridgehead atoms. The van der Waals surface area contributed by atoms with Crippen molar-refractivity contribution in [1.82, 2.24) is 19.9 Å². The molecule has 0 atom stereocenters. The number of thioether (sulfide) groups is 1. The van der Waals surface area contributed by atoms with E-state index in [1.54, 1.807) is 11.8 Å². The van der Waals surface area contributed by atoms with Crippen LogP contribution in [0.3, 0.4) is 0 Å². The summed E-state index contributed by atoms with van der Waals surface area (Å²) < 4.78 is 2.03. The number of nitrogens with zero attached hydrogens (tertiary/aromatic N) is 3. The third-order valence-electron chi connectivity index (χ3n) is 2.56. The van der Waals surface area contributed by atoms with Gasteiger partial charge in [-0.2, -0.15) is 0 Å². The number of fused-ring (bicyclic) bond motifs is 1. The highest BCUT2D eigenvalue weighted by Gasteiger charge is 2.04. The molecule has 0 spiro atoms. The third-order valence-corrected chi connectivity index (χ3v) is 3.59. The lowest BCUT2D eigenvalue weighted by atomic mass is 10.2. The molecule has 0 saturated carbocycles. The minimum absolute atomic E-state index is 0.720. The van der Waals surface area contributed by atoms with Crippen molar-refractivity contribution in [3.63, 3.8) is 0 Å². The summed E-state index contributed by atoms with van der Waals surface area (Å²) in [4.78, 5) is 0. The minimum Gasteiger partial charge on any atom is -0.316 e. The monoisotopic (exact) mass is 264 g/mol. The van der Waals surface area contributed by atoms with Crippen LogP contribution in [0.15, 0.2) is 29.6 Å². The van der Waals surface area contributed by atoms with Crippen molar-refractivity contribution in [2.24, 2.45) is 5.92 Å². The van der Waals surface area contributed by atoms with Gasteiger partial charge in [0.2, 0.25) is 0 Å². The van der Waals surface area contributed by atoms with Crippen molar-refractivity contribution in [2.45, 2.75) is 25.4 Å². The highest BCUT2D eigenvalue weighted by atomic mass is 32.2. The minimum atomic E-state index is 0.720. The van der Waals surface area contributed by atoms with E-state index in [9.17, 15) is 0 Å². The van der Waals surface area contributed by atoms with E-state index in [1.807, 2.05) is 28.8 Å². The first-order chi connectivity index (χ1) is 8.77. The fraction of sp³-hybridized carbons (Fsp3) is 0.538. The predicted octanol–water partition coefficient (Wildman–Crippen LogP) is 2.46. The van der Waals surface area contributed by atoms with Gasteiger partial charge in [-0.1, -0.05) is 31.7 Å². The van der Waals surface area contributed by atoms with E-state index in [-0.39, 0.29) is 0 Å². The SMILES string of the molecule is CC(C)CNCCCSc1nnc2ccccn12. The largest absolute Gasteiger partial charge is 0.316 e. The van der Waals surface area contributed by atoms with Gasteiger partial charge in [-0.25, -0.2) is 0 Å². The van der Waals surface area contributed by atoms with Crippen LogP contribution in [0.1, 0.15) is 20.3 Å². The summed E-state index contributed by atoms with van der Waals surface area (Å²) in [5.41, 5.74) is 0.915. The summed E-state index contributed by atoms with van der Waals surface area (Å²) in [5.74, 6) is 1.79. The molecule has 0 aliphatic rings. The molecule has 4 nitrogen and oxygen atoms in total. The lowest BCUT2D eigenvalue weighted by Gasteiger charge is -2.06. The molecule has 2 aromatic heterocycles. The predicted molar refractivity (Wildman–Crippen MR) is 76.0 cm³/mol. The maximum Gasteiger partial charge on any atom is 0.195 e. The van der Waals surface area contributed by atoms with Gasteiger partial charge in [0, 0.05) is 11.9 Å². The summed E-state index contributed by atoms with van der Waals surface area (Å²) in [6, 6.07) is 5.96. The normalized spacial score (nSPS) is 11.5. The van der Waals surface area contributed by atoms with E-state index in [0.29, 0.717) is 0 Å². The Bertz CT molecular complexity index is 481. The number of aromatic nitrogens is 3. The highest BCUT2D eigenvalue weighted by molar-refractivity contribution is 7.99. The molecular weight excluding hydrogens is 244 g/mol. The third kappa shape index (κ3) is 3.71. The fourth-order valence-corrected chi connectivity index (χ4v) is 2.53. The first-order valence-corrected chi connectivity index (χ1v) is 7.39. The van der Waals surface area contributed by atoms with Crippen LogP contribution in [0.5, 0.6) is 0 Å². The molecule has 2 aromatic rings. The molecule has 0 fully saturated rings. The molecule has 0 aliphatic heterocycles. The highest BCUT2D eigenvalue weighted by Crippen LogP contribution is 2.16. The van der Waals surface area contributed by atoms with Crippen LogP contribution in [0.4, 0.5) is 0 Å². The van der Waals surface area contributed by atoms with E-state index in [4.69, 9.17) is 0 Å². The first-order valence-electron chi connectivity index (χ1n) is 6.40. The van der Waals surface area contributed by atoms with Gasteiger partial charge >= 0.3 is 0 Å². The standard InChI is InChI=1S/C13H20N4S/c1-11(2)10-14-7-5-9-18-13-16-15-12-6-3-4-8-17(12)13/h3-4,6,8,11,14H,5,7,9-10H2,1-2H3. The Hall–Kier alpha value is -1.07. The van der Waals surface area contributed by atoms with Crippen molar-refractivity contribution in [3.05, 3.63) is 24.4 Å². The molecule has 1 N–H and O–H groups in total. The molecule has 0 aliphatic carbocycles. The van der Waals surface area contributed by atoms with Gasteiger partial charge in [-0.3, -0.25) is 4.40 Å². The summed E-state index contributed by atoms with van der Waals surface area (Å²) >= 11 is 1.76. The van der Waals surface area contributed by atoms with E-state index < -0.39 is 0 Å². The Balaban J connectivity index is 1.74. The second-order valence-electron chi connectivity index (χ2n) is 4.71. The summed E-state index contributed by atoms with van der Waals surface area (Å²) in [6.45, 7) is 6.62. The Kier molecular flexibility index (Phi) is 5.01. The van der Waals surface area contributed by atoms with Gasteiger partial charge in [0.25, 0.3) is 0 Å². The molecule has 2 rings (SSSR count). The van der Waals surface area contributed by atoms with Crippen LogP contribution in [-0.2, 0) is 0 Å². The van der Waals surface area contributed by atoms with E-state index in [1.165, 1.54) is 0 Å². The second-order valence-corrected chi connectivity index (χ2v) is 5.77. The van der Waals surface area contributed by atoms with Crippen molar-refractivity contribution in [1.29, 1.82) is 0 Å². The second kappa shape index (κ2) is 6.75. The van der Waals surface area contributed by atoms with Crippen LogP contribution in [0.2, 0.25) is 0 Å². The van der Waals surface area contributed by atoms with Gasteiger partial charge in [0.05, 0.1) is 0 Å². The fourth-order valence-electron chi connectivity index (χ4n) is 1.67. The van der Waals surface area contributed by atoms with Crippen LogP contribution >= 0.6 is 11.8 Å². The average Bonchev–Trinajstić information content (AvgIpc) is 2.77. The molecule has 18 heavy (non-hydrogen) atoms. The molecule has 5 heteroatoms. The zero-order chi connectivity index (χ0) is 12.8. The molecule has 0 saturated heterocycles. The Morgan fingerprint density at radius 2 is 2.22 bits per heavy atom. The Morgan fingerprint density at radius 3 is 3.06 bits per heavy atom. The number of hydrogen-bond donors (Lipinski definition) is 1. The molecule has 0 amide bonds. The van der Waals surface area contributed by atoms with Crippen molar-refractivity contribution in [3.8, 4) is 0 Å². The number of hydrogen-bond acceptors (Lipinski definition) is 4. The first kappa shape index (κ1) is 13.4. The van der Waals surface area contributed by atoms with Crippen LogP contribution in [0, 0.1) is 5.92 Å². The summed E-state index contributed by atoms with van der Waals surface area (Å²) in [6.07, 6.45) is 3.16. The van der Waals surface area contributed by atoms with Crippen molar-refractivity contribution in [2.75, 3.05) is 18.8 Å². The Morgan fingerprint density at radius 1 is 1.33 bits per heavy atom. The smallest absolute Gasteiger partial charge is 0.195 e. The van der Waals surface area contributed by atoms with E-state index in [0.717, 1.165) is 42.0 Å². The molecule has 98 valence electrons. The number of nitrogens with one attached hydrogen (secondary N) is 1. The molecule has 2 heterocycles. The van der Waals surface area contributed by atoms with E-state index >= 15 is 0 Å². The lowest BCUT2D eigenvalue weighted by molar-refractivity contribution is 0.551. The number of pyridine rings is 1. The van der Waals surface area contributed by atoms with Crippen LogP contribution in [-0.4, -0.2) is 33.4 Å². The summed E-state index contributed by atoms with van der Waals surface area (Å²) in [5, 5.41) is 12.8. The zero-order valence-corrected chi connectivity index (χ0v) is 11.8. The average molecular weight is 264 g/mol. The van der Waals surface area contributed by atoms with Crippen molar-refractivity contribution < 1.29 is 0 Å². The molecule has 0 aromatic carbocycles.